The fourth-order valence-electron chi connectivity index (χ4n) is 2.32. The molecule has 0 atom stereocenters. The molecule has 0 bridgehead atoms. The van der Waals surface area contributed by atoms with Gasteiger partial charge in [0.25, 0.3) is 0 Å². The molecule has 1 aromatic heterocycles. The molecule has 0 amide bonds. The second-order valence-corrected chi connectivity index (χ2v) is 5.48. The smallest absolute Gasteiger partial charge is 0.191 e. The number of guanidine groups is 1. The summed E-state index contributed by atoms with van der Waals surface area (Å²) >= 11 is 0. The van der Waals surface area contributed by atoms with Gasteiger partial charge in [-0.1, -0.05) is 36.4 Å². The Morgan fingerprint density at radius 1 is 1.09 bits per heavy atom. The lowest BCUT2D eigenvalue weighted by molar-refractivity contribution is 0.742. The van der Waals surface area contributed by atoms with Crippen LogP contribution >= 0.6 is 0 Å². The molecule has 2 N–H and O–H groups in total. The van der Waals surface area contributed by atoms with E-state index in [2.05, 4.69) is 70.9 Å². The average molecular weight is 310 g/mol. The largest absolute Gasteiger partial charge is 0.357 e. The van der Waals surface area contributed by atoms with E-state index in [1.54, 1.807) is 0 Å². The van der Waals surface area contributed by atoms with Crippen LogP contribution in [0.2, 0.25) is 0 Å². The zero-order valence-electron chi connectivity index (χ0n) is 14.0. The van der Waals surface area contributed by atoms with Crippen molar-refractivity contribution >= 4 is 5.96 Å². The standard InChI is InChI=1S/C19H26N4/c1-3-20-19(23-15-18-16(2)9-7-13-21-18)22-14-8-12-17-10-5-4-6-11-17/h4-7,9-11,13H,3,8,12,14-15H2,1-2H3,(H2,20,22,23). The fourth-order valence-corrected chi connectivity index (χ4v) is 2.32. The molecule has 1 heterocycles. The average Bonchev–Trinajstić information content (AvgIpc) is 2.58. The lowest BCUT2D eigenvalue weighted by Crippen LogP contribution is -2.37. The minimum atomic E-state index is 0.598. The first-order valence-electron chi connectivity index (χ1n) is 8.26. The van der Waals surface area contributed by atoms with Gasteiger partial charge in [0.15, 0.2) is 5.96 Å². The number of aliphatic imine (C=N–C) groups is 1. The Bertz CT molecular complexity index is 608. The minimum absolute atomic E-state index is 0.598. The first-order valence-corrected chi connectivity index (χ1v) is 8.26. The van der Waals surface area contributed by atoms with Crippen molar-refractivity contribution in [2.75, 3.05) is 13.1 Å². The number of nitrogens with one attached hydrogen (secondary N) is 2. The molecule has 2 rings (SSSR count). The molecule has 0 radical (unpaired) electrons. The Morgan fingerprint density at radius 3 is 2.65 bits per heavy atom. The molecule has 0 aliphatic carbocycles. The van der Waals surface area contributed by atoms with Crippen molar-refractivity contribution in [2.45, 2.75) is 33.2 Å². The van der Waals surface area contributed by atoms with E-state index in [4.69, 9.17) is 0 Å². The SMILES string of the molecule is CCNC(=NCc1ncccc1C)NCCCc1ccccc1. The Morgan fingerprint density at radius 2 is 1.91 bits per heavy atom. The zero-order valence-corrected chi connectivity index (χ0v) is 14.0. The highest BCUT2D eigenvalue weighted by Crippen LogP contribution is 2.04. The highest BCUT2D eigenvalue weighted by Gasteiger charge is 2.00. The summed E-state index contributed by atoms with van der Waals surface area (Å²) in [7, 11) is 0. The second kappa shape index (κ2) is 9.62. The number of rotatable bonds is 7. The molecular formula is C19H26N4. The van der Waals surface area contributed by atoms with Gasteiger partial charge in [-0.2, -0.15) is 0 Å². The molecule has 2 aromatic rings. The topological polar surface area (TPSA) is 49.3 Å². The van der Waals surface area contributed by atoms with Crippen LogP contribution < -0.4 is 10.6 Å². The van der Waals surface area contributed by atoms with Crippen molar-refractivity contribution in [2.24, 2.45) is 4.99 Å². The van der Waals surface area contributed by atoms with Crippen molar-refractivity contribution in [1.82, 2.24) is 15.6 Å². The summed E-state index contributed by atoms with van der Waals surface area (Å²) in [6.45, 7) is 6.50. The summed E-state index contributed by atoms with van der Waals surface area (Å²) in [5, 5.41) is 6.67. The van der Waals surface area contributed by atoms with Crippen LogP contribution in [0.3, 0.4) is 0 Å². The van der Waals surface area contributed by atoms with Crippen molar-refractivity contribution in [3.8, 4) is 0 Å². The lowest BCUT2D eigenvalue weighted by atomic mass is 10.1. The van der Waals surface area contributed by atoms with Gasteiger partial charge in [-0.3, -0.25) is 4.98 Å². The fraction of sp³-hybridized carbons (Fsp3) is 0.368. The second-order valence-electron chi connectivity index (χ2n) is 5.48. The molecule has 4 heteroatoms. The lowest BCUT2D eigenvalue weighted by Gasteiger charge is -2.11. The third-order valence-electron chi connectivity index (χ3n) is 3.63. The molecule has 122 valence electrons. The van der Waals surface area contributed by atoms with Gasteiger partial charge in [-0.15, -0.1) is 0 Å². The first-order chi connectivity index (χ1) is 11.3. The van der Waals surface area contributed by atoms with Crippen LogP contribution in [0.4, 0.5) is 0 Å². The summed E-state index contributed by atoms with van der Waals surface area (Å²) in [6, 6.07) is 14.6. The van der Waals surface area contributed by atoms with E-state index in [0.717, 1.165) is 37.6 Å². The summed E-state index contributed by atoms with van der Waals surface area (Å²) in [6.07, 6.45) is 3.97. The number of hydrogen-bond acceptors (Lipinski definition) is 2. The maximum Gasteiger partial charge on any atom is 0.191 e. The highest BCUT2D eigenvalue weighted by atomic mass is 15.2. The van der Waals surface area contributed by atoms with Crippen LogP contribution in [0, 0.1) is 6.92 Å². The monoisotopic (exact) mass is 310 g/mol. The summed E-state index contributed by atoms with van der Waals surface area (Å²) in [4.78, 5) is 9.00. The Labute approximate surface area is 139 Å². The molecule has 1 aromatic carbocycles. The van der Waals surface area contributed by atoms with Gasteiger partial charge in [0, 0.05) is 19.3 Å². The van der Waals surface area contributed by atoms with Crippen LogP contribution in [-0.4, -0.2) is 24.0 Å². The maximum absolute atomic E-state index is 4.62. The number of aryl methyl sites for hydroxylation is 2. The van der Waals surface area contributed by atoms with Gasteiger partial charge in [0.1, 0.15) is 0 Å². The van der Waals surface area contributed by atoms with Gasteiger partial charge in [-0.05, 0) is 43.9 Å². The third kappa shape index (κ3) is 6.10. The van der Waals surface area contributed by atoms with E-state index in [0.29, 0.717) is 6.54 Å². The van der Waals surface area contributed by atoms with Crippen LogP contribution in [-0.2, 0) is 13.0 Å². The van der Waals surface area contributed by atoms with Crippen LogP contribution in [0.5, 0.6) is 0 Å². The Hall–Kier alpha value is -2.36. The molecule has 0 unspecified atom stereocenters. The van der Waals surface area contributed by atoms with Crippen molar-refractivity contribution in [3.05, 3.63) is 65.5 Å². The Balaban J connectivity index is 1.81. The van der Waals surface area contributed by atoms with Gasteiger partial charge in [0.2, 0.25) is 0 Å². The summed E-state index contributed by atoms with van der Waals surface area (Å²) in [5.41, 5.74) is 3.57. The van der Waals surface area contributed by atoms with Crippen molar-refractivity contribution in [1.29, 1.82) is 0 Å². The van der Waals surface area contributed by atoms with Crippen molar-refractivity contribution < 1.29 is 0 Å². The van der Waals surface area contributed by atoms with Gasteiger partial charge < -0.3 is 10.6 Å². The van der Waals surface area contributed by atoms with Crippen LogP contribution in [0.15, 0.2) is 53.7 Å². The molecule has 0 fully saturated rings. The van der Waals surface area contributed by atoms with E-state index in [-0.39, 0.29) is 0 Å². The zero-order chi connectivity index (χ0) is 16.3. The highest BCUT2D eigenvalue weighted by molar-refractivity contribution is 5.79. The molecular weight excluding hydrogens is 284 g/mol. The van der Waals surface area contributed by atoms with Gasteiger partial charge in [-0.25, -0.2) is 4.99 Å². The van der Waals surface area contributed by atoms with Crippen LogP contribution in [0.25, 0.3) is 0 Å². The molecule has 0 aliphatic heterocycles. The molecule has 0 saturated heterocycles. The first kappa shape index (κ1) is 17.0. The summed E-state index contributed by atoms with van der Waals surface area (Å²) < 4.78 is 0. The quantitative estimate of drug-likeness (QED) is 0.469. The molecule has 0 aliphatic rings. The predicted molar refractivity (Wildman–Crippen MR) is 96.6 cm³/mol. The van der Waals surface area contributed by atoms with Gasteiger partial charge in [0.05, 0.1) is 12.2 Å². The number of pyridine rings is 1. The van der Waals surface area contributed by atoms with Gasteiger partial charge >= 0.3 is 0 Å². The maximum atomic E-state index is 4.62. The number of benzene rings is 1. The third-order valence-corrected chi connectivity index (χ3v) is 3.63. The number of hydrogen-bond donors (Lipinski definition) is 2. The number of nitrogens with zero attached hydrogens (tertiary/aromatic N) is 2. The molecule has 0 spiro atoms. The van der Waals surface area contributed by atoms with E-state index >= 15 is 0 Å². The van der Waals surface area contributed by atoms with E-state index in [1.807, 2.05) is 12.3 Å². The predicted octanol–water partition coefficient (Wildman–Crippen LogP) is 3.08. The molecule has 23 heavy (non-hydrogen) atoms. The minimum Gasteiger partial charge on any atom is -0.357 e. The number of aromatic nitrogens is 1. The summed E-state index contributed by atoms with van der Waals surface area (Å²) in [5.74, 6) is 0.852. The molecule has 0 saturated carbocycles. The Kier molecular flexibility index (Phi) is 7.11. The molecule has 4 nitrogen and oxygen atoms in total. The normalized spacial score (nSPS) is 11.3. The van der Waals surface area contributed by atoms with E-state index in [1.165, 1.54) is 11.1 Å². The van der Waals surface area contributed by atoms with E-state index in [9.17, 15) is 0 Å². The van der Waals surface area contributed by atoms with Crippen LogP contribution in [0.1, 0.15) is 30.2 Å². The van der Waals surface area contributed by atoms with E-state index < -0.39 is 0 Å². The van der Waals surface area contributed by atoms with Crippen molar-refractivity contribution in [3.63, 3.8) is 0 Å².